The molecule has 0 aromatic heterocycles. The molecule has 0 radical (unpaired) electrons. The maximum absolute atomic E-state index is 11.7. The molecular formula is C8H11F3OS. The van der Waals surface area contributed by atoms with Crippen LogP contribution in [0.4, 0.5) is 13.2 Å². The van der Waals surface area contributed by atoms with Crippen molar-refractivity contribution in [3.63, 3.8) is 0 Å². The van der Waals surface area contributed by atoms with Gasteiger partial charge in [0.15, 0.2) is 0 Å². The molecule has 0 bridgehead atoms. The molecule has 0 aromatic rings. The van der Waals surface area contributed by atoms with Gasteiger partial charge in [0.1, 0.15) is 5.78 Å². The summed E-state index contributed by atoms with van der Waals surface area (Å²) in [5.74, 6) is 0.0533. The van der Waals surface area contributed by atoms with Gasteiger partial charge >= 0.3 is 5.51 Å². The summed E-state index contributed by atoms with van der Waals surface area (Å²) >= 11 is -0.0298. The third-order valence-corrected chi connectivity index (χ3v) is 2.93. The number of hydrogen-bond acceptors (Lipinski definition) is 2. The number of thioether (sulfide) groups is 1. The SMILES string of the molecule is O=C1CCCC1CCSC(F)(F)F. The Morgan fingerprint density at radius 1 is 1.46 bits per heavy atom. The second-order valence-electron chi connectivity index (χ2n) is 3.14. The molecule has 0 aliphatic heterocycles. The van der Waals surface area contributed by atoms with Gasteiger partial charge in [-0.2, -0.15) is 13.2 Å². The van der Waals surface area contributed by atoms with Crippen LogP contribution in [0.5, 0.6) is 0 Å². The summed E-state index contributed by atoms with van der Waals surface area (Å²) in [6.07, 6.45) is 2.56. The first-order valence-electron chi connectivity index (χ1n) is 4.22. The second kappa shape index (κ2) is 4.35. The molecule has 1 unspecified atom stereocenters. The first-order valence-corrected chi connectivity index (χ1v) is 5.21. The van der Waals surface area contributed by atoms with Crippen LogP contribution in [0.2, 0.25) is 0 Å². The topological polar surface area (TPSA) is 17.1 Å². The summed E-state index contributed by atoms with van der Waals surface area (Å²) in [6, 6.07) is 0. The zero-order chi connectivity index (χ0) is 9.90. The van der Waals surface area contributed by atoms with Crippen LogP contribution < -0.4 is 0 Å². The molecule has 1 atom stereocenters. The van der Waals surface area contributed by atoms with Crippen molar-refractivity contribution >= 4 is 17.5 Å². The lowest BCUT2D eigenvalue weighted by Crippen LogP contribution is -2.09. The lowest BCUT2D eigenvalue weighted by molar-refractivity contribution is -0.120. The lowest BCUT2D eigenvalue weighted by Gasteiger charge is -2.08. The molecule has 0 saturated heterocycles. The molecule has 1 aliphatic rings. The van der Waals surface area contributed by atoms with Gasteiger partial charge in [-0.25, -0.2) is 0 Å². The van der Waals surface area contributed by atoms with Gasteiger partial charge < -0.3 is 0 Å². The van der Waals surface area contributed by atoms with Crippen molar-refractivity contribution in [1.29, 1.82) is 0 Å². The largest absolute Gasteiger partial charge is 0.441 e. The average Bonchev–Trinajstić information content (AvgIpc) is 2.34. The van der Waals surface area contributed by atoms with E-state index in [0.29, 0.717) is 12.8 Å². The van der Waals surface area contributed by atoms with Gasteiger partial charge in [-0.1, -0.05) is 11.8 Å². The fourth-order valence-electron chi connectivity index (χ4n) is 1.51. The summed E-state index contributed by atoms with van der Waals surface area (Å²) in [5.41, 5.74) is -4.15. The molecule has 5 heteroatoms. The third kappa shape index (κ3) is 4.02. The van der Waals surface area contributed by atoms with E-state index in [9.17, 15) is 18.0 Å². The van der Waals surface area contributed by atoms with E-state index in [1.165, 1.54) is 0 Å². The first kappa shape index (κ1) is 10.9. The predicted octanol–water partition coefficient (Wildman–Crippen LogP) is 3.00. The molecule has 0 heterocycles. The van der Waals surface area contributed by atoms with Crippen LogP contribution in [0.1, 0.15) is 25.7 Å². The van der Waals surface area contributed by atoms with Crippen molar-refractivity contribution in [2.24, 2.45) is 5.92 Å². The fourth-order valence-corrected chi connectivity index (χ4v) is 2.14. The molecule has 13 heavy (non-hydrogen) atoms. The van der Waals surface area contributed by atoms with Gasteiger partial charge in [0.05, 0.1) is 0 Å². The summed E-state index contributed by atoms with van der Waals surface area (Å²) in [5, 5.41) is 0. The number of ketones is 1. The molecule has 0 N–H and O–H groups in total. The molecule has 0 aromatic carbocycles. The highest BCUT2D eigenvalue weighted by Crippen LogP contribution is 2.33. The Bertz CT molecular complexity index is 190. The second-order valence-corrected chi connectivity index (χ2v) is 4.30. The Labute approximate surface area is 79.1 Å². The summed E-state index contributed by atoms with van der Waals surface area (Å²) in [7, 11) is 0. The third-order valence-electron chi connectivity index (χ3n) is 2.16. The van der Waals surface area contributed by atoms with Gasteiger partial charge in [-0.05, 0) is 19.3 Å². The van der Waals surface area contributed by atoms with Gasteiger partial charge in [-0.3, -0.25) is 4.79 Å². The fraction of sp³-hybridized carbons (Fsp3) is 0.875. The monoisotopic (exact) mass is 212 g/mol. The van der Waals surface area contributed by atoms with Gasteiger partial charge in [0, 0.05) is 18.1 Å². The Morgan fingerprint density at radius 3 is 2.62 bits per heavy atom. The highest BCUT2D eigenvalue weighted by atomic mass is 32.2. The Morgan fingerprint density at radius 2 is 2.15 bits per heavy atom. The van der Waals surface area contributed by atoms with Crippen molar-refractivity contribution in [3.05, 3.63) is 0 Å². The average molecular weight is 212 g/mol. The molecule has 1 aliphatic carbocycles. The maximum atomic E-state index is 11.7. The quantitative estimate of drug-likeness (QED) is 0.715. The van der Waals surface area contributed by atoms with Gasteiger partial charge in [0.2, 0.25) is 0 Å². The Hall–Kier alpha value is -0.190. The van der Waals surface area contributed by atoms with Crippen LogP contribution >= 0.6 is 11.8 Å². The number of carbonyl (C=O) groups excluding carboxylic acids is 1. The molecular weight excluding hydrogens is 201 g/mol. The number of alkyl halides is 3. The molecule has 1 nitrogen and oxygen atoms in total. The number of hydrogen-bond donors (Lipinski definition) is 0. The zero-order valence-electron chi connectivity index (χ0n) is 7.06. The number of Topliss-reactive ketones (excluding diaryl/α,β-unsaturated/α-hetero) is 1. The summed E-state index contributed by atoms with van der Waals surface area (Å²) < 4.78 is 35.1. The minimum atomic E-state index is -4.15. The van der Waals surface area contributed by atoms with Crippen molar-refractivity contribution in [2.75, 3.05) is 5.75 Å². The van der Waals surface area contributed by atoms with Crippen LogP contribution in [0.15, 0.2) is 0 Å². The van der Waals surface area contributed by atoms with Crippen LogP contribution in [-0.2, 0) is 4.79 Å². The van der Waals surface area contributed by atoms with E-state index in [0.717, 1.165) is 12.8 Å². The van der Waals surface area contributed by atoms with Crippen molar-refractivity contribution in [2.45, 2.75) is 31.2 Å². The van der Waals surface area contributed by atoms with E-state index in [1.54, 1.807) is 0 Å². The number of halogens is 3. The molecule has 1 fully saturated rings. The van der Waals surface area contributed by atoms with Crippen LogP contribution in [-0.4, -0.2) is 17.0 Å². The minimum Gasteiger partial charge on any atom is -0.299 e. The summed E-state index contributed by atoms with van der Waals surface area (Å²) in [4.78, 5) is 11.0. The zero-order valence-corrected chi connectivity index (χ0v) is 7.88. The maximum Gasteiger partial charge on any atom is 0.441 e. The highest BCUT2D eigenvalue weighted by molar-refractivity contribution is 8.00. The lowest BCUT2D eigenvalue weighted by atomic mass is 10.1. The molecule has 0 amide bonds. The van der Waals surface area contributed by atoms with Gasteiger partial charge in [-0.15, -0.1) is 0 Å². The van der Waals surface area contributed by atoms with Gasteiger partial charge in [0.25, 0.3) is 0 Å². The normalized spacial score (nSPS) is 23.9. The van der Waals surface area contributed by atoms with Crippen molar-refractivity contribution < 1.29 is 18.0 Å². The van der Waals surface area contributed by atoms with E-state index < -0.39 is 5.51 Å². The minimum absolute atomic E-state index is 0.0138. The van der Waals surface area contributed by atoms with E-state index in [4.69, 9.17) is 0 Å². The van der Waals surface area contributed by atoms with E-state index in [2.05, 4.69) is 0 Å². The smallest absolute Gasteiger partial charge is 0.299 e. The number of carbonyl (C=O) groups is 1. The standard InChI is InChI=1S/C8H11F3OS/c9-8(10,11)13-5-4-6-2-1-3-7(6)12/h6H,1-5H2. The Balaban J connectivity index is 2.16. The van der Waals surface area contributed by atoms with Crippen LogP contribution in [0.25, 0.3) is 0 Å². The number of rotatable bonds is 3. The van der Waals surface area contributed by atoms with Crippen molar-refractivity contribution in [1.82, 2.24) is 0 Å². The predicted molar refractivity (Wildman–Crippen MR) is 45.5 cm³/mol. The summed E-state index contributed by atoms with van der Waals surface area (Å²) in [6.45, 7) is 0. The van der Waals surface area contributed by atoms with Crippen LogP contribution in [0, 0.1) is 5.92 Å². The van der Waals surface area contributed by atoms with Crippen LogP contribution in [0.3, 0.4) is 0 Å². The first-order chi connectivity index (χ1) is 5.99. The van der Waals surface area contributed by atoms with E-state index in [-0.39, 0.29) is 29.2 Å². The molecule has 1 saturated carbocycles. The Kier molecular flexibility index (Phi) is 3.64. The molecule has 0 spiro atoms. The molecule has 1 rings (SSSR count). The van der Waals surface area contributed by atoms with E-state index in [1.807, 2.05) is 0 Å². The highest BCUT2D eigenvalue weighted by Gasteiger charge is 2.30. The van der Waals surface area contributed by atoms with E-state index >= 15 is 0 Å². The molecule has 76 valence electrons. The van der Waals surface area contributed by atoms with Crippen molar-refractivity contribution in [3.8, 4) is 0 Å².